The van der Waals surface area contributed by atoms with Crippen LogP contribution in [0, 0.1) is 23.0 Å². The smallest absolute Gasteiger partial charge is 0.229 e. The monoisotopic (exact) mass is 548 g/mol. The van der Waals surface area contributed by atoms with Crippen molar-refractivity contribution in [2.75, 3.05) is 20.1 Å². The first-order valence-corrected chi connectivity index (χ1v) is 14.5. The number of likely N-dealkylation sites (tertiary alicyclic amines) is 1. The fraction of sp³-hybridized carbons (Fsp3) is 0.471. The number of carbonyl (C=O) groups excluding carboxylic acids is 2. The van der Waals surface area contributed by atoms with Crippen molar-refractivity contribution in [3.63, 3.8) is 0 Å². The molecule has 0 aromatic heterocycles. The average molecular weight is 549 g/mol. The third-order valence-corrected chi connectivity index (χ3v) is 8.37. The van der Waals surface area contributed by atoms with Gasteiger partial charge in [0.25, 0.3) is 0 Å². The number of halogens is 2. The number of rotatable bonds is 9. The summed E-state index contributed by atoms with van der Waals surface area (Å²) in [4.78, 5) is 29.9. The first-order chi connectivity index (χ1) is 19.0. The number of carbonyl (C=O) groups is 2. The summed E-state index contributed by atoms with van der Waals surface area (Å²) in [7, 11) is 1.86. The van der Waals surface area contributed by atoms with E-state index in [1.54, 1.807) is 24.3 Å². The number of allylic oxidation sites excluding steroid dienone is 3. The number of likely N-dealkylation sites (N-methyl/N-ethyl adjacent to an activating group) is 1. The van der Waals surface area contributed by atoms with Crippen molar-refractivity contribution in [3.8, 4) is 0 Å². The third-order valence-electron chi connectivity index (χ3n) is 8.37. The molecule has 1 heterocycles. The Morgan fingerprint density at radius 2 is 1.57 bits per heavy atom. The molecule has 2 aromatic rings. The van der Waals surface area contributed by atoms with Crippen LogP contribution in [0.25, 0.3) is 0 Å². The lowest BCUT2D eigenvalue weighted by Gasteiger charge is -2.30. The van der Waals surface area contributed by atoms with Crippen LogP contribution in [0.15, 0.2) is 72.3 Å². The lowest BCUT2D eigenvalue weighted by molar-refractivity contribution is -0.136. The van der Waals surface area contributed by atoms with E-state index in [1.807, 2.05) is 22.9 Å². The fourth-order valence-electron chi connectivity index (χ4n) is 5.78. The van der Waals surface area contributed by atoms with Crippen molar-refractivity contribution < 1.29 is 18.4 Å². The summed E-state index contributed by atoms with van der Waals surface area (Å²) < 4.78 is 27.0. The molecular formula is C34H42F2N2O2. The predicted molar refractivity (Wildman–Crippen MR) is 156 cm³/mol. The molecule has 2 atom stereocenters. The number of unbranched alkanes of at least 4 members (excludes halogenated alkanes) is 1. The van der Waals surface area contributed by atoms with Crippen LogP contribution in [0.5, 0.6) is 0 Å². The number of amides is 2. The summed E-state index contributed by atoms with van der Waals surface area (Å²) >= 11 is 0. The highest BCUT2D eigenvalue weighted by molar-refractivity contribution is 5.82. The molecule has 1 unspecified atom stereocenters. The number of hydrogen-bond acceptors (Lipinski definition) is 2. The molecule has 1 aliphatic carbocycles. The molecule has 40 heavy (non-hydrogen) atoms. The van der Waals surface area contributed by atoms with Crippen LogP contribution in [-0.2, 0) is 9.59 Å². The highest BCUT2D eigenvalue weighted by atomic mass is 19.1. The Hall–Kier alpha value is -3.28. The molecule has 214 valence electrons. The Morgan fingerprint density at radius 1 is 0.975 bits per heavy atom. The van der Waals surface area contributed by atoms with Gasteiger partial charge in [0, 0.05) is 32.5 Å². The van der Waals surface area contributed by atoms with Crippen LogP contribution in [0.1, 0.15) is 76.3 Å². The van der Waals surface area contributed by atoms with Gasteiger partial charge in [-0.2, -0.15) is 0 Å². The molecule has 2 aromatic carbocycles. The summed E-state index contributed by atoms with van der Waals surface area (Å²) in [6.07, 6.45) is 10.6. The molecule has 1 saturated heterocycles. The first kappa shape index (κ1) is 29.7. The lowest BCUT2D eigenvalue weighted by Crippen LogP contribution is -2.42. The Bertz CT molecular complexity index is 1180. The summed E-state index contributed by atoms with van der Waals surface area (Å²) in [5, 5.41) is 0. The van der Waals surface area contributed by atoms with E-state index in [-0.39, 0.29) is 46.7 Å². The van der Waals surface area contributed by atoms with E-state index in [0.29, 0.717) is 19.5 Å². The standard InChI is InChI=1S/C34H42F2N2O2/c1-34(2,3)27-15-9-26(10-16-27)33(40)37(4)30-21-22-38(23-30)32(39)8-6-5-7-31(24-11-17-28(35)18-12-24)25-13-19-29(36)20-14-25/h9,11-20,26,30-31H,5-8,10,21-23H2,1-4H3/t26?,30-/m1/s1. The van der Waals surface area contributed by atoms with Gasteiger partial charge in [-0.3, -0.25) is 9.59 Å². The van der Waals surface area contributed by atoms with Crippen molar-refractivity contribution in [2.24, 2.45) is 11.3 Å². The molecule has 2 aliphatic rings. The fourth-order valence-corrected chi connectivity index (χ4v) is 5.78. The minimum Gasteiger partial charge on any atom is -0.341 e. The van der Waals surface area contributed by atoms with Crippen LogP contribution < -0.4 is 0 Å². The zero-order valence-corrected chi connectivity index (χ0v) is 24.2. The molecular weight excluding hydrogens is 506 g/mol. The largest absolute Gasteiger partial charge is 0.341 e. The molecule has 0 bridgehead atoms. The van der Waals surface area contributed by atoms with Gasteiger partial charge in [-0.25, -0.2) is 8.78 Å². The number of hydrogen-bond donors (Lipinski definition) is 0. The quantitative estimate of drug-likeness (QED) is 0.309. The van der Waals surface area contributed by atoms with Gasteiger partial charge in [0.05, 0.1) is 12.0 Å². The zero-order valence-electron chi connectivity index (χ0n) is 24.2. The van der Waals surface area contributed by atoms with Gasteiger partial charge in [0.1, 0.15) is 11.6 Å². The number of nitrogens with zero attached hydrogens (tertiary/aromatic N) is 2. The molecule has 1 fully saturated rings. The average Bonchev–Trinajstić information content (AvgIpc) is 3.44. The van der Waals surface area contributed by atoms with E-state index < -0.39 is 0 Å². The molecule has 4 rings (SSSR count). The third kappa shape index (κ3) is 7.47. The van der Waals surface area contributed by atoms with Gasteiger partial charge in [0.15, 0.2) is 0 Å². The highest BCUT2D eigenvalue weighted by Crippen LogP contribution is 2.32. The molecule has 6 heteroatoms. The van der Waals surface area contributed by atoms with Gasteiger partial charge in [0.2, 0.25) is 11.8 Å². The molecule has 0 saturated carbocycles. The topological polar surface area (TPSA) is 40.6 Å². The van der Waals surface area contributed by atoms with E-state index in [2.05, 4.69) is 32.9 Å². The normalized spacial score (nSPS) is 19.2. The maximum Gasteiger partial charge on any atom is 0.229 e. The Morgan fingerprint density at radius 3 is 2.10 bits per heavy atom. The van der Waals surface area contributed by atoms with Crippen molar-refractivity contribution in [2.45, 2.75) is 71.3 Å². The van der Waals surface area contributed by atoms with Crippen LogP contribution in [0.2, 0.25) is 0 Å². The molecule has 0 spiro atoms. The van der Waals surface area contributed by atoms with E-state index in [1.165, 1.54) is 29.8 Å². The van der Waals surface area contributed by atoms with Gasteiger partial charge >= 0.3 is 0 Å². The molecule has 0 radical (unpaired) electrons. The molecule has 1 aliphatic heterocycles. The maximum absolute atomic E-state index is 13.5. The first-order valence-electron chi connectivity index (χ1n) is 14.5. The second-order valence-electron chi connectivity index (χ2n) is 12.2. The second-order valence-corrected chi connectivity index (χ2v) is 12.2. The van der Waals surface area contributed by atoms with Crippen molar-refractivity contribution >= 4 is 11.8 Å². The summed E-state index contributed by atoms with van der Waals surface area (Å²) in [6, 6.07) is 12.9. The van der Waals surface area contributed by atoms with Crippen LogP contribution in [0.3, 0.4) is 0 Å². The van der Waals surface area contributed by atoms with E-state index in [4.69, 9.17) is 0 Å². The number of benzene rings is 2. The Balaban J connectivity index is 1.25. The SMILES string of the molecule is CN(C(=O)C1C=CC(C(C)(C)C)=CC1)[C@@H]1CCN(C(=O)CCCCC(c2ccc(F)cc2)c2ccc(F)cc2)C1. The van der Waals surface area contributed by atoms with E-state index in [0.717, 1.165) is 43.2 Å². The molecule has 0 N–H and O–H groups in total. The van der Waals surface area contributed by atoms with Gasteiger partial charge in [-0.05, 0) is 72.1 Å². The van der Waals surface area contributed by atoms with Gasteiger partial charge in [-0.1, -0.05) is 69.7 Å². The van der Waals surface area contributed by atoms with Crippen molar-refractivity contribution in [1.82, 2.24) is 9.80 Å². The van der Waals surface area contributed by atoms with Gasteiger partial charge < -0.3 is 9.80 Å². The minimum atomic E-state index is -0.287. The van der Waals surface area contributed by atoms with Gasteiger partial charge in [-0.15, -0.1) is 0 Å². The van der Waals surface area contributed by atoms with E-state index >= 15 is 0 Å². The van der Waals surface area contributed by atoms with Crippen LogP contribution in [-0.4, -0.2) is 47.8 Å². The van der Waals surface area contributed by atoms with E-state index in [9.17, 15) is 18.4 Å². The van der Waals surface area contributed by atoms with Crippen molar-refractivity contribution in [3.05, 3.63) is 95.1 Å². The zero-order chi connectivity index (χ0) is 28.9. The van der Waals surface area contributed by atoms with Crippen molar-refractivity contribution in [1.29, 1.82) is 0 Å². The summed E-state index contributed by atoms with van der Waals surface area (Å²) in [6.45, 7) is 7.78. The molecule has 2 amide bonds. The Labute approximate surface area is 237 Å². The second kappa shape index (κ2) is 12.9. The molecule has 4 nitrogen and oxygen atoms in total. The lowest BCUT2D eigenvalue weighted by atomic mass is 9.81. The Kier molecular flexibility index (Phi) is 9.60. The predicted octanol–water partition coefficient (Wildman–Crippen LogP) is 7.27. The van der Waals surface area contributed by atoms with Crippen LogP contribution in [0.4, 0.5) is 8.78 Å². The maximum atomic E-state index is 13.5. The van der Waals surface area contributed by atoms with Crippen LogP contribution >= 0.6 is 0 Å². The summed E-state index contributed by atoms with van der Waals surface area (Å²) in [5.74, 6) is -0.465. The minimum absolute atomic E-state index is 0.00953. The highest BCUT2D eigenvalue weighted by Gasteiger charge is 2.33. The summed E-state index contributed by atoms with van der Waals surface area (Å²) in [5.41, 5.74) is 3.30.